The lowest BCUT2D eigenvalue weighted by atomic mass is 9.47. The van der Waals surface area contributed by atoms with Crippen LogP contribution in [0.2, 0.25) is 0 Å². The maximum atomic E-state index is 11.8. The van der Waals surface area contributed by atoms with E-state index in [0.29, 0.717) is 11.5 Å². The summed E-state index contributed by atoms with van der Waals surface area (Å²) >= 11 is 0. The van der Waals surface area contributed by atoms with Crippen molar-refractivity contribution >= 4 is 11.4 Å². The van der Waals surface area contributed by atoms with Gasteiger partial charge in [-0.2, -0.15) is 0 Å². The van der Waals surface area contributed by atoms with Crippen LogP contribution in [-0.4, -0.2) is 20.1 Å². The van der Waals surface area contributed by atoms with Crippen molar-refractivity contribution in [3.8, 4) is 45.6 Å². The quantitative estimate of drug-likeness (QED) is 0.102. The van der Waals surface area contributed by atoms with Crippen LogP contribution >= 0.6 is 0 Å². The molecule has 9 aliphatic carbocycles. The van der Waals surface area contributed by atoms with E-state index in [1.807, 2.05) is 36.4 Å². The molecular weight excluding hydrogens is 841 g/mol. The van der Waals surface area contributed by atoms with Gasteiger partial charge in [0.1, 0.15) is 23.0 Å². The van der Waals surface area contributed by atoms with Crippen molar-refractivity contribution in [1.29, 1.82) is 0 Å². The SMILES string of the molecule is O=[N+]([O-])c1ccc(Oc2ccccc2C2(c3ccccc3Oc3ccc([N+](=O)[O-])c(O)c3)c3cc(C45CC6CC(CC(C6)C4)C5)ccc3-c3ccc(C45CC6CC(CC(C6)C4)C5)cc32)cc1O. The fraction of sp³-hybridized carbons (Fsp3) is 0.368. The van der Waals surface area contributed by atoms with Gasteiger partial charge in [-0.05, 0) is 181 Å². The second-order valence-electron chi connectivity index (χ2n) is 21.7. The van der Waals surface area contributed by atoms with Gasteiger partial charge in [-0.15, -0.1) is 0 Å². The molecule has 10 nitrogen and oxygen atoms in total. The second kappa shape index (κ2) is 14.7. The molecule has 0 amide bonds. The molecule has 0 radical (unpaired) electrons. The molecule has 6 aromatic rings. The number of aromatic hydroxyl groups is 2. The number of rotatable bonds is 10. The molecule has 67 heavy (non-hydrogen) atoms. The summed E-state index contributed by atoms with van der Waals surface area (Å²) in [7, 11) is 0. The number of nitro groups is 2. The van der Waals surface area contributed by atoms with E-state index in [4.69, 9.17) is 9.47 Å². The fourth-order valence-electron chi connectivity index (χ4n) is 16.1. The van der Waals surface area contributed by atoms with Crippen LogP contribution in [0, 0.1) is 55.7 Å². The molecule has 9 aliphatic rings. The molecule has 0 saturated heterocycles. The summed E-state index contributed by atoms with van der Waals surface area (Å²) in [4.78, 5) is 22.3. The van der Waals surface area contributed by atoms with Crippen molar-refractivity contribution in [2.24, 2.45) is 35.5 Å². The highest BCUT2D eigenvalue weighted by Crippen LogP contribution is 2.66. The van der Waals surface area contributed by atoms with Gasteiger partial charge < -0.3 is 19.7 Å². The Labute approximate surface area is 388 Å². The largest absolute Gasteiger partial charge is 0.502 e. The molecule has 10 heteroatoms. The smallest absolute Gasteiger partial charge is 0.310 e. The number of phenolic OH excluding ortho intramolecular Hbond substituents is 2. The predicted molar refractivity (Wildman–Crippen MR) is 253 cm³/mol. The lowest BCUT2D eigenvalue weighted by Crippen LogP contribution is -2.48. The summed E-state index contributed by atoms with van der Waals surface area (Å²) in [6.07, 6.45) is 15.2. The van der Waals surface area contributed by atoms with Gasteiger partial charge in [0.15, 0.2) is 11.5 Å². The lowest BCUT2D eigenvalue weighted by Gasteiger charge is -2.57. The molecule has 0 aliphatic heterocycles. The summed E-state index contributed by atoms with van der Waals surface area (Å²) in [6, 6.07) is 38.7. The Hall–Kier alpha value is -6.68. The first-order valence-electron chi connectivity index (χ1n) is 24.3. The summed E-state index contributed by atoms with van der Waals surface area (Å²) in [5.74, 6) is 4.98. The van der Waals surface area contributed by atoms with Gasteiger partial charge in [-0.1, -0.05) is 72.8 Å². The number of ether oxygens (including phenoxy) is 2. The zero-order valence-electron chi connectivity index (χ0n) is 37.2. The van der Waals surface area contributed by atoms with Crippen LogP contribution in [0.1, 0.15) is 110 Å². The first kappa shape index (κ1) is 40.6. The van der Waals surface area contributed by atoms with Gasteiger partial charge in [0.2, 0.25) is 0 Å². The highest BCUT2D eigenvalue weighted by molar-refractivity contribution is 5.88. The first-order chi connectivity index (χ1) is 32.5. The molecule has 15 rings (SSSR count). The van der Waals surface area contributed by atoms with E-state index in [-0.39, 0.29) is 22.3 Å². The van der Waals surface area contributed by atoms with E-state index in [0.717, 1.165) is 68.9 Å². The molecule has 6 aromatic carbocycles. The van der Waals surface area contributed by atoms with Gasteiger partial charge in [0, 0.05) is 35.4 Å². The van der Waals surface area contributed by atoms with Gasteiger partial charge in [-0.25, -0.2) is 0 Å². The van der Waals surface area contributed by atoms with Gasteiger partial charge in [-0.3, -0.25) is 20.2 Å². The molecule has 2 N–H and O–H groups in total. The average Bonchev–Trinajstić information content (AvgIpc) is 3.58. The molecule has 8 bridgehead atoms. The number of benzene rings is 6. The Morgan fingerprint density at radius 3 is 1.15 bits per heavy atom. The highest BCUT2D eigenvalue weighted by Gasteiger charge is 2.56. The molecule has 0 aromatic heterocycles. The number of phenols is 2. The summed E-state index contributed by atoms with van der Waals surface area (Å²) < 4.78 is 13.7. The fourth-order valence-corrected chi connectivity index (χ4v) is 16.1. The monoisotopic (exact) mass is 892 g/mol. The van der Waals surface area contributed by atoms with Crippen LogP contribution in [0.5, 0.6) is 34.5 Å². The minimum atomic E-state index is -1.07. The second-order valence-corrected chi connectivity index (χ2v) is 21.7. The van der Waals surface area contributed by atoms with Gasteiger partial charge >= 0.3 is 11.4 Å². The van der Waals surface area contributed by atoms with Crippen molar-refractivity contribution in [2.75, 3.05) is 0 Å². The zero-order valence-corrected chi connectivity index (χ0v) is 37.2. The molecule has 8 fully saturated rings. The number of para-hydroxylation sites is 2. The minimum absolute atomic E-state index is 0.0766. The van der Waals surface area contributed by atoms with E-state index in [2.05, 4.69) is 48.5 Å². The summed E-state index contributed by atoms with van der Waals surface area (Å²) in [5, 5.41) is 45.3. The van der Waals surface area contributed by atoms with E-state index >= 15 is 0 Å². The van der Waals surface area contributed by atoms with Crippen LogP contribution in [0.4, 0.5) is 11.4 Å². The molecule has 0 unspecified atom stereocenters. The van der Waals surface area contributed by atoms with Crippen molar-refractivity contribution in [3.63, 3.8) is 0 Å². The molecule has 0 atom stereocenters. The van der Waals surface area contributed by atoms with Crippen LogP contribution in [0.15, 0.2) is 121 Å². The van der Waals surface area contributed by atoms with E-state index in [1.54, 1.807) is 0 Å². The average molecular weight is 893 g/mol. The molecule has 338 valence electrons. The Morgan fingerprint density at radius 2 is 0.806 bits per heavy atom. The summed E-state index contributed by atoms with van der Waals surface area (Å²) in [5.41, 5.74) is 7.18. The van der Waals surface area contributed by atoms with Crippen LogP contribution in [0.3, 0.4) is 0 Å². The van der Waals surface area contributed by atoms with Gasteiger partial charge in [0.25, 0.3) is 0 Å². The van der Waals surface area contributed by atoms with E-state index in [9.17, 15) is 30.4 Å². The maximum Gasteiger partial charge on any atom is 0.310 e. The van der Waals surface area contributed by atoms with Crippen molar-refractivity contribution in [3.05, 3.63) is 175 Å². The normalized spacial score (nSPS) is 28.8. The molecule has 0 spiro atoms. The topological polar surface area (TPSA) is 145 Å². The maximum absolute atomic E-state index is 11.8. The molecule has 0 heterocycles. The van der Waals surface area contributed by atoms with Crippen LogP contribution in [-0.2, 0) is 16.2 Å². The Balaban J connectivity index is 1.08. The highest BCUT2D eigenvalue weighted by atomic mass is 16.6. The minimum Gasteiger partial charge on any atom is -0.502 e. The number of hydrogen-bond donors (Lipinski definition) is 2. The Bertz CT molecular complexity index is 2790. The van der Waals surface area contributed by atoms with Crippen LogP contribution < -0.4 is 9.47 Å². The van der Waals surface area contributed by atoms with Gasteiger partial charge in [0.05, 0.1) is 15.3 Å². The Kier molecular flexibility index (Phi) is 8.88. The zero-order chi connectivity index (χ0) is 45.4. The van der Waals surface area contributed by atoms with E-state index < -0.39 is 38.1 Å². The number of hydrogen-bond acceptors (Lipinski definition) is 8. The third kappa shape index (κ3) is 6.20. The van der Waals surface area contributed by atoms with Crippen molar-refractivity contribution in [2.45, 2.75) is 93.3 Å². The van der Waals surface area contributed by atoms with Crippen LogP contribution in [0.25, 0.3) is 11.1 Å². The molecule has 8 saturated carbocycles. The molecular formula is C57H52N2O8. The number of fused-ring (bicyclic) bond motifs is 3. The predicted octanol–water partition coefficient (Wildman–Crippen LogP) is 13.8. The van der Waals surface area contributed by atoms with E-state index in [1.165, 1.54) is 125 Å². The number of nitrogens with zero attached hydrogens (tertiary/aromatic N) is 2. The third-order valence-electron chi connectivity index (χ3n) is 17.8. The van der Waals surface area contributed by atoms with Crippen molar-refractivity contribution in [1.82, 2.24) is 0 Å². The third-order valence-corrected chi connectivity index (χ3v) is 17.8. The summed E-state index contributed by atoms with van der Waals surface area (Å²) in [6.45, 7) is 0. The first-order valence-corrected chi connectivity index (χ1v) is 24.3. The lowest BCUT2D eigenvalue weighted by molar-refractivity contribution is -0.386. The standard InChI is InChI=1S/C57H52N2O8/c60-51-25-41(11-15-49(51)58(62)63)66-53-7-3-1-5-45(53)57(46-6-2-4-8-54(46)67-42-12-16-50(59(64)65)52(61)26-42)47-23-39(55-27-33-17-34(28-55)19-35(18-33)29-55)9-13-43(47)44-14-10-40(24-48(44)57)56-30-36-20-37(31-56)22-38(21-36)32-56/h1-16,23-26,33-38,60-61H,17-22,27-32H2. The van der Waals surface area contributed by atoms with Crippen molar-refractivity contribution < 1.29 is 29.5 Å². The number of nitro benzene ring substituents is 2. The Morgan fingerprint density at radius 1 is 0.448 bits per heavy atom.